The molecule has 30 atom stereocenters. The van der Waals surface area contributed by atoms with E-state index in [2.05, 4.69) is 34.6 Å². The summed E-state index contributed by atoms with van der Waals surface area (Å²) in [6.45, 7) is 17.7. The van der Waals surface area contributed by atoms with Crippen molar-refractivity contribution in [3.8, 4) is 0 Å². The van der Waals surface area contributed by atoms with E-state index in [1.54, 1.807) is 6.92 Å². The van der Waals surface area contributed by atoms with Gasteiger partial charge < -0.3 is 99.2 Å². The largest absolute Gasteiger partial charge is 0.393 e. The number of ether oxygens (including phenoxy) is 8. The van der Waals surface area contributed by atoms with Crippen LogP contribution in [0.4, 0.5) is 0 Å². The lowest BCUT2D eigenvalue weighted by atomic mass is 9.41. The molecule has 0 aromatic rings. The van der Waals surface area contributed by atoms with Crippen molar-refractivity contribution in [3.63, 3.8) is 0 Å². The van der Waals surface area contributed by atoms with Gasteiger partial charge in [-0.1, -0.05) is 46.3 Å². The van der Waals surface area contributed by atoms with E-state index < -0.39 is 136 Å². The van der Waals surface area contributed by atoms with Crippen LogP contribution in [0.1, 0.15) is 127 Å². The van der Waals surface area contributed by atoms with E-state index in [0.717, 1.165) is 50.5 Å². The van der Waals surface area contributed by atoms with Crippen LogP contribution in [0.3, 0.4) is 0 Å². The monoisotopic (exact) mass is 1060 g/mol. The van der Waals surface area contributed by atoms with Crippen LogP contribution < -0.4 is 0 Å². The topological polar surface area (TPSA) is 317 Å². The van der Waals surface area contributed by atoms with Gasteiger partial charge >= 0.3 is 0 Å². The maximum absolute atomic E-state index is 11.9. The molecule has 5 aliphatic carbocycles. The van der Waals surface area contributed by atoms with Crippen LogP contribution in [0.15, 0.2) is 11.6 Å². The van der Waals surface area contributed by atoms with Crippen LogP contribution in [-0.4, -0.2) is 210 Å². The van der Waals surface area contributed by atoms with Crippen molar-refractivity contribution >= 4 is 0 Å². The first-order valence-electron chi connectivity index (χ1n) is 27.6. The van der Waals surface area contributed by atoms with Crippen molar-refractivity contribution in [2.75, 3.05) is 13.2 Å². The molecule has 2 spiro atoms. The van der Waals surface area contributed by atoms with Gasteiger partial charge in [0.1, 0.15) is 79.4 Å². The lowest BCUT2D eigenvalue weighted by Crippen LogP contribution is -2.66. The third-order valence-electron chi connectivity index (χ3n) is 21.7. The maximum atomic E-state index is 11.9. The normalized spacial score (nSPS) is 55.1. The number of hydrogen-bond donors (Lipinski definition) is 12. The van der Waals surface area contributed by atoms with Gasteiger partial charge in [0.25, 0.3) is 0 Å². The molecule has 5 saturated carbocycles. The van der Waals surface area contributed by atoms with E-state index in [1.807, 2.05) is 13.0 Å². The van der Waals surface area contributed by atoms with Gasteiger partial charge in [0, 0.05) is 0 Å². The summed E-state index contributed by atoms with van der Waals surface area (Å²) in [5, 5.41) is 131. The van der Waals surface area contributed by atoms with Gasteiger partial charge in [0.15, 0.2) is 25.2 Å². The molecule has 0 bridgehead atoms. The molecule has 9 rings (SSSR count). The molecule has 0 aromatic heterocycles. The Balaban J connectivity index is 0.870. The summed E-state index contributed by atoms with van der Waals surface area (Å²) in [6, 6.07) is 0. The molecule has 74 heavy (non-hydrogen) atoms. The summed E-state index contributed by atoms with van der Waals surface area (Å²) >= 11 is 0. The highest BCUT2D eigenvalue weighted by Crippen LogP contribution is 2.89. The Morgan fingerprint density at radius 1 is 0.568 bits per heavy atom. The molecule has 4 saturated heterocycles. The Labute approximate surface area is 435 Å². The molecular weight excluding hydrogens is 969 g/mol. The van der Waals surface area contributed by atoms with Gasteiger partial charge in [-0.15, -0.1) is 0 Å². The van der Waals surface area contributed by atoms with Gasteiger partial charge in [0.05, 0.1) is 43.7 Å². The summed E-state index contributed by atoms with van der Waals surface area (Å²) in [7, 11) is 0. The second-order valence-electron chi connectivity index (χ2n) is 25.6. The van der Waals surface area contributed by atoms with Crippen LogP contribution in [0.5, 0.6) is 0 Å². The third kappa shape index (κ3) is 9.32. The lowest BCUT2D eigenvalue weighted by Gasteiger charge is -2.63. The van der Waals surface area contributed by atoms with Gasteiger partial charge in [-0.2, -0.15) is 0 Å². The number of aliphatic hydroxyl groups excluding tert-OH is 12. The first-order chi connectivity index (χ1) is 34.7. The molecule has 4 heterocycles. The van der Waals surface area contributed by atoms with Crippen molar-refractivity contribution in [3.05, 3.63) is 11.6 Å². The molecule has 0 aromatic carbocycles. The third-order valence-corrected chi connectivity index (χ3v) is 21.7. The Bertz CT molecular complexity index is 1980. The van der Waals surface area contributed by atoms with Crippen LogP contribution in [0.25, 0.3) is 0 Å². The number of hydrogen-bond acceptors (Lipinski definition) is 20. The highest BCUT2D eigenvalue weighted by atomic mass is 16.8. The van der Waals surface area contributed by atoms with E-state index in [0.29, 0.717) is 24.2 Å². The Hall–Kier alpha value is -1.06. The van der Waals surface area contributed by atoms with Crippen molar-refractivity contribution in [1.29, 1.82) is 0 Å². The average Bonchev–Trinajstić information content (AvgIpc) is 3.95. The van der Waals surface area contributed by atoms with Crippen LogP contribution in [0, 0.1) is 50.7 Å². The Kier molecular flexibility index (Phi) is 16.4. The summed E-state index contributed by atoms with van der Waals surface area (Å²) in [5.74, 6) is 1.51. The molecule has 9 fully saturated rings. The second-order valence-corrected chi connectivity index (χ2v) is 25.6. The molecule has 9 aliphatic rings. The molecule has 426 valence electrons. The van der Waals surface area contributed by atoms with Crippen LogP contribution in [-0.2, 0) is 37.9 Å². The fraction of sp³-hybridized carbons (Fsp3) is 0.963. The smallest absolute Gasteiger partial charge is 0.187 e. The molecule has 0 radical (unpaired) electrons. The van der Waals surface area contributed by atoms with Crippen molar-refractivity contribution in [2.45, 2.75) is 262 Å². The minimum Gasteiger partial charge on any atom is -0.393 e. The van der Waals surface area contributed by atoms with E-state index in [9.17, 15) is 61.3 Å². The molecule has 12 N–H and O–H groups in total. The highest BCUT2D eigenvalue weighted by Gasteiger charge is 2.82. The molecule has 4 aliphatic heterocycles. The molecule has 20 nitrogen and oxygen atoms in total. The highest BCUT2D eigenvalue weighted by molar-refractivity contribution is 5.31. The van der Waals surface area contributed by atoms with Gasteiger partial charge in [-0.3, -0.25) is 0 Å². The van der Waals surface area contributed by atoms with Crippen LogP contribution >= 0.6 is 0 Å². The van der Waals surface area contributed by atoms with Crippen LogP contribution in [0.2, 0.25) is 0 Å². The Morgan fingerprint density at radius 3 is 1.78 bits per heavy atom. The van der Waals surface area contributed by atoms with E-state index in [4.69, 9.17) is 37.9 Å². The quantitative estimate of drug-likeness (QED) is 0.0832. The SMILES string of the molecule is C/C(=C/C[C@H](O)[C@@H](C)[C@H]1CC[C@@]2(C)[C@@H]3CC[C@H]4C(C)(C)[C@@H](O[C@@H]5O[C@H](C)[C@H](O[C@@H]6O[C@H](CO[C@@H]7O[C@H](C)[C@@H](O)[C@H](O)[C@H]7O)[C@@H](O)[C@H](O)[C@H]6O[C@@H]6O[C@@H](C)[C@H](O)[C@@H](O)[C@H]6O)[C@H](O)[C@H]5O)CC[C@@]45C[C@@]35CC[C@]12C)CO. The average molecular weight is 1060 g/mol. The molecule has 0 unspecified atom stereocenters. The number of rotatable bonds is 14. The van der Waals surface area contributed by atoms with Crippen molar-refractivity contribution in [1.82, 2.24) is 0 Å². The zero-order chi connectivity index (χ0) is 53.9. The number of fused-ring (bicyclic) bond motifs is 2. The summed E-state index contributed by atoms with van der Waals surface area (Å²) in [5.41, 5.74) is 1.25. The van der Waals surface area contributed by atoms with E-state index in [1.165, 1.54) is 26.7 Å². The van der Waals surface area contributed by atoms with Gasteiger partial charge in [0.2, 0.25) is 0 Å². The zero-order valence-corrected chi connectivity index (χ0v) is 44.7. The fourth-order valence-corrected chi connectivity index (χ4v) is 16.9. The summed E-state index contributed by atoms with van der Waals surface area (Å²) in [6.07, 6.45) is -18.9. The molecule has 0 amide bonds. The molecule has 20 heteroatoms. The lowest BCUT2D eigenvalue weighted by molar-refractivity contribution is -0.391. The summed E-state index contributed by atoms with van der Waals surface area (Å²) < 4.78 is 48.5. The Morgan fingerprint density at radius 2 is 1.12 bits per heavy atom. The van der Waals surface area contributed by atoms with E-state index in [-0.39, 0.29) is 45.7 Å². The number of aliphatic hydroxyl groups is 12. The maximum Gasteiger partial charge on any atom is 0.187 e. The first-order valence-corrected chi connectivity index (χ1v) is 27.6. The fourth-order valence-electron chi connectivity index (χ4n) is 16.9. The predicted molar refractivity (Wildman–Crippen MR) is 260 cm³/mol. The van der Waals surface area contributed by atoms with Gasteiger partial charge in [-0.25, -0.2) is 0 Å². The second kappa shape index (κ2) is 21.1. The molecular formula is C54H90O20. The predicted octanol–water partition coefficient (Wildman–Crippen LogP) is 0.492. The van der Waals surface area contributed by atoms with E-state index >= 15 is 0 Å². The minimum atomic E-state index is -1.88. The standard InChI is InChI=1S/C54H90O20/c1-23(20-55)10-11-29(56)24(2)28-14-16-52(9)32-13-12-31-50(6,7)33(15-17-53(31)22-54(32,53)19-18-51(28,52)8)72-47-43(66)40(63)44(27(5)70-47)73-49-45(74-48-42(65)38(61)35(58)26(4)69-48)39(62)36(59)30(71-49)21-67-46-41(64)37(60)34(57)25(3)68-46/h10,24-49,55-66H,11-22H2,1-9H3/b23-10-/t24-,25+,26-,27+,28+,29-,30+,31-,32-,33-,34+,35-,36+,37-,38+,39-,40+,41+,42+,43+,44-,45+,46+,47-,48-,49-,51+,52-,53+,54-/m0/s1. The van der Waals surface area contributed by atoms with Gasteiger partial charge in [-0.05, 0) is 143 Å². The van der Waals surface area contributed by atoms with Crippen molar-refractivity contribution < 1.29 is 99.2 Å². The summed E-state index contributed by atoms with van der Waals surface area (Å²) in [4.78, 5) is 0. The minimum absolute atomic E-state index is 0.00115. The zero-order valence-electron chi connectivity index (χ0n) is 44.7. The first kappa shape index (κ1) is 57.6. The van der Waals surface area contributed by atoms with Crippen molar-refractivity contribution in [2.24, 2.45) is 50.7 Å².